The number of para-hydroxylation sites is 1. The minimum atomic E-state index is -0.146. The molecule has 0 radical (unpaired) electrons. The molecule has 3 aliphatic heterocycles. The van der Waals surface area contributed by atoms with E-state index in [1.807, 2.05) is 46.3 Å². The van der Waals surface area contributed by atoms with Crippen molar-refractivity contribution in [1.29, 1.82) is 0 Å². The first-order valence-corrected chi connectivity index (χ1v) is 10.3. The van der Waals surface area contributed by atoms with Gasteiger partial charge in [-0.15, -0.1) is 0 Å². The molecular weight excluding hydrogens is 382 g/mol. The zero-order chi connectivity index (χ0) is 20.3. The van der Waals surface area contributed by atoms with Gasteiger partial charge in [0.15, 0.2) is 11.6 Å². The van der Waals surface area contributed by atoms with Gasteiger partial charge in [-0.05, 0) is 25.1 Å². The van der Waals surface area contributed by atoms with E-state index in [0.29, 0.717) is 29.7 Å². The highest BCUT2D eigenvalue weighted by molar-refractivity contribution is 6.13. The molecule has 0 spiro atoms. The van der Waals surface area contributed by atoms with Crippen LogP contribution in [0.2, 0.25) is 0 Å². The van der Waals surface area contributed by atoms with Crippen molar-refractivity contribution in [2.45, 2.75) is 6.42 Å². The number of amides is 1. The molecule has 1 saturated heterocycles. The Kier molecular flexibility index (Phi) is 5.20. The second-order valence-corrected chi connectivity index (χ2v) is 7.50. The molecule has 4 heterocycles. The average molecular weight is 407 g/mol. The normalized spacial score (nSPS) is 18.5. The predicted octanol–water partition coefficient (Wildman–Crippen LogP) is 1.69. The summed E-state index contributed by atoms with van der Waals surface area (Å²) in [5.41, 5.74) is 2.26. The summed E-state index contributed by atoms with van der Waals surface area (Å²) >= 11 is 0. The van der Waals surface area contributed by atoms with Crippen LogP contribution in [0.1, 0.15) is 6.42 Å². The van der Waals surface area contributed by atoms with Gasteiger partial charge in [0.1, 0.15) is 24.4 Å². The number of carbonyl (C=O) groups excluding carboxylic acids is 1. The van der Waals surface area contributed by atoms with Crippen molar-refractivity contribution >= 4 is 28.9 Å². The molecule has 0 bridgehead atoms. The summed E-state index contributed by atoms with van der Waals surface area (Å²) in [5.74, 6) is 1.23. The highest BCUT2D eigenvalue weighted by Crippen LogP contribution is 2.39. The maximum absolute atomic E-state index is 12.8. The third-order valence-electron chi connectivity index (χ3n) is 5.55. The first-order valence-electron chi connectivity index (χ1n) is 10.3. The molecule has 0 aliphatic carbocycles. The first-order chi connectivity index (χ1) is 14.8. The number of rotatable bonds is 6. The van der Waals surface area contributed by atoms with E-state index in [0.717, 1.165) is 51.5 Å². The van der Waals surface area contributed by atoms with Crippen LogP contribution in [0, 0.1) is 0 Å². The van der Waals surface area contributed by atoms with Gasteiger partial charge in [0.2, 0.25) is 0 Å². The van der Waals surface area contributed by atoms with E-state index in [1.54, 1.807) is 6.33 Å². The van der Waals surface area contributed by atoms with Gasteiger partial charge in [0, 0.05) is 31.5 Å². The summed E-state index contributed by atoms with van der Waals surface area (Å²) in [6.07, 6.45) is 4.40. The lowest BCUT2D eigenvalue weighted by atomic mass is 10.2. The van der Waals surface area contributed by atoms with E-state index in [4.69, 9.17) is 4.74 Å². The Bertz CT molecular complexity index is 944. The number of anilines is 4. The van der Waals surface area contributed by atoms with Crippen LogP contribution in [-0.2, 0) is 9.53 Å². The Balaban J connectivity index is 1.28. The molecular formula is C21H25N7O2. The van der Waals surface area contributed by atoms with Crippen LogP contribution in [0.25, 0.3) is 0 Å². The number of ether oxygens (including phenoxy) is 1. The largest absolute Gasteiger partial charge is 0.379 e. The van der Waals surface area contributed by atoms with Crippen molar-refractivity contribution < 1.29 is 9.53 Å². The number of carbonyl (C=O) groups is 1. The topological polar surface area (TPSA) is 85.9 Å². The Morgan fingerprint density at radius 3 is 2.80 bits per heavy atom. The van der Waals surface area contributed by atoms with Crippen molar-refractivity contribution in [3.63, 3.8) is 0 Å². The molecule has 9 heteroatoms. The van der Waals surface area contributed by atoms with Gasteiger partial charge in [0.05, 0.1) is 13.2 Å². The summed E-state index contributed by atoms with van der Waals surface area (Å²) in [7, 11) is 0. The molecule has 5 rings (SSSR count). The third kappa shape index (κ3) is 3.69. The first kappa shape index (κ1) is 18.8. The fourth-order valence-electron chi connectivity index (χ4n) is 3.97. The Hall–Kier alpha value is -3.17. The molecule has 1 aromatic heterocycles. The summed E-state index contributed by atoms with van der Waals surface area (Å²) in [6.45, 7) is 5.92. The van der Waals surface area contributed by atoms with Crippen molar-refractivity contribution in [1.82, 2.24) is 14.9 Å². The van der Waals surface area contributed by atoms with Crippen LogP contribution in [0.5, 0.6) is 0 Å². The SMILES string of the molecule is O=C1Nc2c(NCCCN3CCOCC3)ncnc2N2CN(c3ccccc3)C=C12. The number of benzene rings is 1. The quantitative estimate of drug-likeness (QED) is 0.700. The second-order valence-electron chi connectivity index (χ2n) is 7.50. The van der Waals surface area contributed by atoms with E-state index >= 15 is 0 Å². The summed E-state index contributed by atoms with van der Waals surface area (Å²) in [6, 6.07) is 10.00. The van der Waals surface area contributed by atoms with Crippen LogP contribution in [0.4, 0.5) is 23.0 Å². The molecule has 9 nitrogen and oxygen atoms in total. The van der Waals surface area contributed by atoms with Crippen molar-refractivity contribution in [2.75, 3.05) is 66.5 Å². The fourth-order valence-corrected chi connectivity index (χ4v) is 3.97. The molecule has 30 heavy (non-hydrogen) atoms. The Labute approximate surface area is 175 Å². The molecule has 2 aromatic rings. The molecule has 1 fully saturated rings. The average Bonchev–Trinajstić information content (AvgIpc) is 3.25. The number of nitrogens with one attached hydrogen (secondary N) is 2. The summed E-state index contributed by atoms with van der Waals surface area (Å²) < 4.78 is 5.39. The Morgan fingerprint density at radius 2 is 1.97 bits per heavy atom. The number of fused-ring (bicyclic) bond motifs is 3. The molecule has 0 unspecified atom stereocenters. The molecule has 2 N–H and O–H groups in total. The maximum atomic E-state index is 12.8. The molecule has 0 atom stereocenters. The van der Waals surface area contributed by atoms with Gasteiger partial charge in [-0.2, -0.15) is 0 Å². The molecule has 1 amide bonds. The number of morpholine rings is 1. The van der Waals surface area contributed by atoms with Crippen molar-refractivity contribution in [3.8, 4) is 0 Å². The fraction of sp³-hybridized carbons (Fsp3) is 0.381. The Morgan fingerprint density at radius 1 is 1.13 bits per heavy atom. The molecule has 0 saturated carbocycles. The van der Waals surface area contributed by atoms with Crippen LogP contribution >= 0.6 is 0 Å². The number of aromatic nitrogens is 2. The van der Waals surface area contributed by atoms with Gasteiger partial charge in [-0.25, -0.2) is 9.97 Å². The van der Waals surface area contributed by atoms with Crippen molar-refractivity contribution in [2.24, 2.45) is 0 Å². The lowest BCUT2D eigenvalue weighted by Gasteiger charge is -2.29. The maximum Gasteiger partial charge on any atom is 0.274 e. The van der Waals surface area contributed by atoms with Crippen LogP contribution in [0.15, 0.2) is 48.6 Å². The number of nitrogens with zero attached hydrogens (tertiary/aromatic N) is 5. The second kappa shape index (κ2) is 8.29. The zero-order valence-corrected chi connectivity index (χ0v) is 16.8. The van der Waals surface area contributed by atoms with E-state index < -0.39 is 0 Å². The predicted molar refractivity (Wildman–Crippen MR) is 115 cm³/mol. The van der Waals surface area contributed by atoms with Crippen LogP contribution in [-0.4, -0.2) is 66.8 Å². The minimum Gasteiger partial charge on any atom is -0.379 e. The molecule has 156 valence electrons. The summed E-state index contributed by atoms with van der Waals surface area (Å²) in [5, 5.41) is 6.34. The highest BCUT2D eigenvalue weighted by atomic mass is 16.5. The highest BCUT2D eigenvalue weighted by Gasteiger charge is 2.36. The van der Waals surface area contributed by atoms with Gasteiger partial charge in [-0.1, -0.05) is 18.2 Å². The van der Waals surface area contributed by atoms with E-state index in [9.17, 15) is 4.79 Å². The van der Waals surface area contributed by atoms with E-state index in [2.05, 4.69) is 25.5 Å². The van der Waals surface area contributed by atoms with E-state index in [1.165, 1.54) is 0 Å². The van der Waals surface area contributed by atoms with Crippen LogP contribution in [0.3, 0.4) is 0 Å². The lowest BCUT2D eigenvalue weighted by Crippen LogP contribution is -2.37. The van der Waals surface area contributed by atoms with Gasteiger partial charge in [0.25, 0.3) is 5.91 Å². The summed E-state index contributed by atoms with van der Waals surface area (Å²) in [4.78, 5) is 28.0. The van der Waals surface area contributed by atoms with E-state index in [-0.39, 0.29) is 5.91 Å². The standard InChI is InChI=1S/C21H25N7O2/c29-21-17-13-27(16-5-2-1-3-6-16)15-28(17)20-18(25-21)19(23-14-24-20)22-7-4-8-26-9-11-30-12-10-26/h1-3,5-6,13-14H,4,7-12,15H2,(H,25,29)(H,22,23,24). The van der Waals surface area contributed by atoms with Gasteiger partial charge < -0.3 is 20.3 Å². The molecule has 1 aromatic carbocycles. The number of hydrogen-bond acceptors (Lipinski definition) is 8. The monoisotopic (exact) mass is 407 g/mol. The zero-order valence-electron chi connectivity index (χ0n) is 16.8. The molecule has 3 aliphatic rings. The van der Waals surface area contributed by atoms with Gasteiger partial charge >= 0.3 is 0 Å². The smallest absolute Gasteiger partial charge is 0.274 e. The van der Waals surface area contributed by atoms with Crippen LogP contribution < -0.4 is 20.4 Å². The number of hydrogen-bond donors (Lipinski definition) is 2. The van der Waals surface area contributed by atoms with Gasteiger partial charge in [-0.3, -0.25) is 14.6 Å². The minimum absolute atomic E-state index is 0.146. The third-order valence-corrected chi connectivity index (χ3v) is 5.55. The van der Waals surface area contributed by atoms with Crippen molar-refractivity contribution in [3.05, 3.63) is 48.6 Å². The lowest BCUT2D eigenvalue weighted by molar-refractivity contribution is -0.113.